The molecule has 0 N–H and O–H groups in total. The minimum absolute atomic E-state index is 0.123. The van der Waals surface area contributed by atoms with E-state index in [0.717, 1.165) is 36.5 Å². The summed E-state index contributed by atoms with van der Waals surface area (Å²) in [4.78, 5) is 31.3. The zero-order valence-electron chi connectivity index (χ0n) is 21.4. The van der Waals surface area contributed by atoms with Crippen LogP contribution < -0.4 is 10.5 Å². The third kappa shape index (κ3) is 4.74. The largest absolute Gasteiger partial charge is 0.357 e. The molecule has 2 aliphatic rings. The van der Waals surface area contributed by atoms with Crippen molar-refractivity contribution >= 4 is 46.1 Å². The minimum Gasteiger partial charge on any atom is -0.357 e. The van der Waals surface area contributed by atoms with E-state index in [1.807, 2.05) is 50.3 Å². The molecule has 0 spiro atoms. The Balaban J connectivity index is 1.85. The highest BCUT2D eigenvalue weighted by molar-refractivity contribution is 8.26. The van der Waals surface area contributed by atoms with Crippen LogP contribution in [0.5, 0.6) is 0 Å². The number of hydrogen-bond donors (Lipinski definition) is 0. The summed E-state index contributed by atoms with van der Waals surface area (Å²) < 4.78 is 2.20. The Labute approximate surface area is 222 Å². The Kier molecular flexibility index (Phi) is 7.72. The first-order chi connectivity index (χ1) is 17.2. The zero-order valence-corrected chi connectivity index (χ0v) is 23.1. The first kappa shape index (κ1) is 26.2. The molecule has 2 fully saturated rings. The summed E-state index contributed by atoms with van der Waals surface area (Å²) in [6.07, 6.45) is 2.98. The molecular formula is C28H32N4O2S2. The van der Waals surface area contributed by atoms with Crippen molar-refractivity contribution < 1.29 is 4.79 Å². The van der Waals surface area contributed by atoms with Crippen LogP contribution in [0.3, 0.4) is 0 Å². The van der Waals surface area contributed by atoms with Gasteiger partial charge in [0, 0.05) is 25.2 Å². The summed E-state index contributed by atoms with van der Waals surface area (Å²) >= 11 is 6.91. The minimum atomic E-state index is -0.277. The molecule has 1 amide bonds. The van der Waals surface area contributed by atoms with Crippen LogP contribution in [0.4, 0.5) is 5.82 Å². The van der Waals surface area contributed by atoms with Crippen LogP contribution in [0.2, 0.25) is 0 Å². The van der Waals surface area contributed by atoms with E-state index in [1.54, 1.807) is 16.4 Å². The number of anilines is 1. The summed E-state index contributed by atoms with van der Waals surface area (Å²) in [7, 11) is 0. The molecule has 36 heavy (non-hydrogen) atoms. The molecule has 3 heterocycles. The van der Waals surface area contributed by atoms with E-state index in [9.17, 15) is 14.9 Å². The molecule has 2 aromatic rings. The van der Waals surface area contributed by atoms with Crippen molar-refractivity contribution in [2.24, 2.45) is 11.8 Å². The van der Waals surface area contributed by atoms with Crippen molar-refractivity contribution in [2.45, 2.75) is 53.6 Å². The average molecular weight is 521 g/mol. The fraction of sp³-hybridized carbons (Fsp3) is 0.429. The van der Waals surface area contributed by atoms with Gasteiger partial charge < -0.3 is 4.90 Å². The first-order valence-corrected chi connectivity index (χ1v) is 13.6. The number of pyridine rings is 1. The molecule has 1 aromatic carbocycles. The van der Waals surface area contributed by atoms with Crippen LogP contribution >= 0.6 is 24.0 Å². The zero-order chi connectivity index (χ0) is 26.1. The van der Waals surface area contributed by atoms with E-state index in [2.05, 4.69) is 24.8 Å². The molecule has 0 radical (unpaired) electrons. The maximum Gasteiger partial charge on any atom is 0.270 e. The first-order valence-electron chi connectivity index (χ1n) is 12.4. The highest BCUT2D eigenvalue weighted by Gasteiger charge is 2.37. The van der Waals surface area contributed by atoms with Gasteiger partial charge in [-0.1, -0.05) is 68.2 Å². The Morgan fingerprint density at radius 2 is 1.83 bits per heavy atom. The van der Waals surface area contributed by atoms with Gasteiger partial charge in [0.2, 0.25) is 0 Å². The number of carbonyl (C=O) groups excluding carboxylic acids is 1. The van der Waals surface area contributed by atoms with Crippen molar-refractivity contribution in [3.63, 3.8) is 0 Å². The van der Waals surface area contributed by atoms with Gasteiger partial charge in [0.05, 0.1) is 10.9 Å². The number of nitrogens with zero attached hydrogens (tertiary/aromatic N) is 4. The van der Waals surface area contributed by atoms with Gasteiger partial charge in [-0.05, 0) is 56.2 Å². The number of nitriles is 1. The van der Waals surface area contributed by atoms with Crippen LogP contribution in [0.15, 0.2) is 40.0 Å². The van der Waals surface area contributed by atoms with Crippen LogP contribution in [0, 0.1) is 30.1 Å². The number of hydrogen-bond acceptors (Lipinski definition) is 6. The number of benzene rings is 1. The van der Waals surface area contributed by atoms with Gasteiger partial charge in [-0.25, -0.2) is 0 Å². The number of piperidine rings is 1. The molecule has 4 rings (SSSR count). The second-order valence-corrected chi connectivity index (χ2v) is 11.6. The van der Waals surface area contributed by atoms with Crippen molar-refractivity contribution in [1.82, 2.24) is 9.47 Å². The van der Waals surface area contributed by atoms with E-state index in [4.69, 9.17) is 12.2 Å². The standard InChI is InChI=1S/C28H32N4O2S2/c1-6-31-25(30-15-17(2)12-18(3)16-30)22(19(4)23(14-29)26(31)33)13-24-27(34)32(28(35)36-24)20(5)21-10-8-7-9-11-21/h7-11,13,17-18,20H,6,12,15-16H2,1-5H3/b24-13-. The molecule has 6 nitrogen and oxygen atoms in total. The Bertz CT molecular complexity index is 1320. The topological polar surface area (TPSA) is 69.3 Å². The van der Waals surface area contributed by atoms with E-state index < -0.39 is 0 Å². The summed E-state index contributed by atoms with van der Waals surface area (Å²) in [5.41, 5.74) is 2.21. The lowest BCUT2D eigenvalue weighted by atomic mass is 9.91. The number of thiocarbonyl (C=S) groups is 1. The maximum absolute atomic E-state index is 13.6. The third-order valence-electron chi connectivity index (χ3n) is 7.10. The van der Waals surface area contributed by atoms with Crippen molar-refractivity contribution in [3.8, 4) is 6.07 Å². The normalized spacial score (nSPS) is 22.3. The third-order valence-corrected chi connectivity index (χ3v) is 8.43. The fourth-order valence-electron chi connectivity index (χ4n) is 5.44. The highest BCUT2D eigenvalue weighted by atomic mass is 32.2. The van der Waals surface area contributed by atoms with Crippen LogP contribution in [-0.4, -0.2) is 32.8 Å². The Morgan fingerprint density at radius 3 is 2.42 bits per heavy atom. The molecular weight excluding hydrogens is 488 g/mol. The van der Waals surface area contributed by atoms with E-state index in [-0.39, 0.29) is 23.1 Å². The summed E-state index contributed by atoms with van der Waals surface area (Å²) in [5, 5.41) is 9.83. The Morgan fingerprint density at radius 1 is 1.19 bits per heavy atom. The van der Waals surface area contributed by atoms with Gasteiger partial charge in [-0.15, -0.1) is 0 Å². The number of thioether (sulfide) groups is 1. The smallest absolute Gasteiger partial charge is 0.270 e. The molecule has 0 bridgehead atoms. The van der Waals surface area contributed by atoms with Crippen LogP contribution in [0.25, 0.3) is 6.08 Å². The number of carbonyl (C=O) groups is 1. The van der Waals surface area contributed by atoms with Gasteiger partial charge in [0.1, 0.15) is 21.8 Å². The second-order valence-electron chi connectivity index (χ2n) is 9.89. The van der Waals surface area contributed by atoms with Gasteiger partial charge in [-0.2, -0.15) is 5.26 Å². The number of amides is 1. The van der Waals surface area contributed by atoms with Gasteiger partial charge in [0.25, 0.3) is 11.5 Å². The molecule has 3 atom stereocenters. The van der Waals surface area contributed by atoms with Crippen molar-refractivity contribution in [1.29, 1.82) is 5.26 Å². The molecule has 188 valence electrons. The summed E-state index contributed by atoms with van der Waals surface area (Å²) in [5.74, 6) is 1.59. The molecule has 1 aromatic heterocycles. The van der Waals surface area contributed by atoms with Gasteiger partial charge in [0.15, 0.2) is 0 Å². The predicted octanol–water partition coefficient (Wildman–Crippen LogP) is 5.49. The van der Waals surface area contributed by atoms with E-state index in [1.165, 1.54) is 11.8 Å². The molecule has 2 saturated heterocycles. The molecule has 8 heteroatoms. The lowest BCUT2D eigenvalue weighted by molar-refractivity contribution is -0.123. The summed E-state index contributed by atoms with van der Waals surface area (Å²) in [6.45, 7) is 12.2. The second kappa shape index (κ2) is 10.6. The van der Waals surface area contributed by atoms with Crippen molar-refractivity contribution in [2.75, 3.05) is 18.0 Å². The lowest BCUT2D eigenvalue weighted by Gasteiger charge is -2.38. The van der Waals surface area contributed by atoms with Gasteiger partial charge >= 0.3 is 0 Å². The quantitative estimate of drug-likeness (QED) is 0.383. The molecule has 0 aliphatic carbocycles. The lowest BCUT2D eigenvalue weighted by Crippen LogP contribution is -2.42. The maximum atomic E-state index is 13.6. The Hall–Kier alpha value is -2.89. The van der Waals surface area contributed by atoms with E-state index in [0.29, 0.717) is 33.2 Å². The van der Waals surface area contributed by atoms with Crippen molar-refractivity contribution in [3.05, 3.63) is 67.8 Å². The van der Waals surface area contributed by atoms with E-state index >= 15 is 0 Å². The predicted molar refractivity (Wildman–Crippen MR) is 151 cm³/mol. The molecule has 3 unspecified atom stereocenters. The SMILES string of the molecule is CCn1c(N2CC(C)CC(C)C2)c(/C=C2\SC(=S)N(C(C)c3ccccc3)C2=O)c(C)c(C#N)c1=O. The van der Waals surface area contributed by atoms with Crippen LogP contribution in [0.1, 0.15) is 62.4 Å². The fourth-order valence-corrected chi connectivity index (χ4v) is 6.84. The monoisotopic (exact) mass is 520 g/mol. The summed E-state index contributed by atoms with van der Waals surface area (Å²) in [6, 6.07) is 11.7. The number of rotatable bonds is 5. The van der Waals surface area contributed by atoms with Gasteiger partial charge in [-0.3, -0.25) is 19.1 Å². The van der Waals surface area contributed by atoms with Crippen LogP contribution in [-0.2, 0) is 11.3 Å². The molecule has 0 saturated carbocycles. The number of aromatic nitrogens is 1. The average Bonchev–Trinajstić information content (AvgIpc) is 3.12. The molecule has 2 aliphatic heterocycles. The highest BCUT2D eigenvalue weighted by Crippen LogP contribution is 2.40.